The fourth-order valence-corrected chi connectivity index (χ4v) is 1.68. The highest BCUT2D eigenvalue weighted by Crippen LogP contribution is 2.23. The Bertz CT molecular complexity index is 560. The molecule has 2 aromatic rings. The number of hydrogen-bond acceptors (Lipinski definition) is 5. The van der Waals surface area contributed by atoms with E-state index in [2.05, 4.69) is 10.3 Å². The van der Waals surface area contributed by atoms with Crippen molar-refractivity contribution in [2.75, 3.05) is 11.9 Å². The van der Waals surface area contributed by atoms with Gasteiger partial charge in [0.1, 0.15) is 11.9 Å². The van der Waals surface area contributed by atoms with Crippen molar-refractivity contribution in [2.45, 2.75) is 6.10 Å². The van der Waals surface area contributed by atoms with E-state index in [1.807, 2.05) is 18.2 Å². The van der Waals surface area contributed by atoms with Gasteiger partial charge in [0.25, 0.3) is 0 Å². The Labute approximate surface area is 109 Å². The molecule has 6 heteroatoms. The van der Waals surface area contributed by atoms with Gasteiger partial charge in [0, 0.05) is 12.7 Å². The van der Waals surface area contributed by atoms with E-state index in [1.165, 1.54) is 18.5 Å². The van der Waals surface area contributed by atoms with Crippen molar-refractivity contribution >= 4 is 11.4 Å². The van der Waals surface area contributed by atoms with Crippen LogP contribution in [0.25, 0.3) is 0 Å². The molecule has 0 aliphatic carbocycles. The molecule has 19 heavy (non-hydrogen) atoms. The number of benzene rings is 1. The van der Waals surface area contributed by atoms with Crippen LogP contribution >= 0.6 is 0 Å². The van der Waals surface area contributed by atoms with Crippen LogP contribution in [0.4, 0.5) is 11.4 Å². The molecule has 0 fully saturated rings. The van der Waals surface area contributed by atoms with Crippen LogP contribution in [0.5, 0.6) is 0 Å². The molecule has 1 aromatic heterocycles. The van der Waals surface area contributed by atoms with Crippen LogP contribution < -0.4 is 5.32 Å². The summed E-state index contributed by atoms with van der Waals surface area (Å²) in [5.74, 6) is 0. The number of hydrogen-bond donors (Lipinski definition) is 2. The molecule has 2 rings (SSSR count). The highest BCUT2D eigenvalue weighted by atomic mass is 16.6. The Balaban J connectivity index is 2.05. The molecule has 2 N–H and O–H groups in total. The van der Waals surface area contributed by atoms with E-state index in [-0.39, 0.29) is 12.2 Å². The number of nitro groups is 1. The molecule has 0 aliphatic heterocycles. The Morgan fingerprint density at radius 3 is 2.74 bits per heavy atom. The second-order valence-electron chi connectivity index (χ2n) is 3.96. The maximum atomic E-state index is 10.8. The Morgan fingerprint density at radius 1 is 1.32 bits per heavy atom. The zero-order valence-electron chi connectivity index (χ0n) is 10.1. The molecule has 1 atom stereocenters. The van der Waals surface area contributed by atoms with E-state index in [0.29, 0.717) is 5.69 Å². The molecule has 0 saturated carbocycles. The molecular weight excluding hydrogens is 246 g/mol. The van der Waals surface area contributed by atoms with Crippen LogP contribution in [0.1, 0.15) is 11.7 Å². The maximum absolute atomic E-state index is 10.8. The fourth-order valence-electron chi connectivity index (χ4n) is 1.68. The summed E-state index contributed by atoms with van der Waals surface area (Å²) in [4.78, 5) is 14.0. The van der Waals surface area contributed by atoms with E-state index < -0.39 is 11.0 Å². The van der Waals surface area contributed by atoms with Crippen molar-refractivity contribution in [3.8, 4) is 0 Å². The number of aliphatic hydroxyl groups is 1. The SMILES string of the molecule is O=[N+]([O-])c1cnccc1NC[C@H](O)c1ccccc1. The Hall–Kier alpha value is -2.47. The normalized spacial score (nSPS) is 11.8. The quantitative estimate of drug-likeness (QED) is 0.634. The minimum atomic E-state index is -0.728. The lowest BCUT2D eigenvalue weighted by Gasteiger charge is -2.12. The van der Waals surface area contributed by atoms with Crippen molar-refractivity contribution in [3.05, 3.63) is 64.5 Å². The van der Waals surface area contributed by atoms with Gasteiger partial charge in [-0.05, 0) is 11.6 Å². The molecule has 0 amide bonds. The van der Waals surface area contributed by atoms with Crippen molar-refractivity contribution < 1.29 is 10.0 Å². The van der Waals surface area contributed by atoms with Crippen LogP contribution in [0, 0.1) is 10.1 Å². The number of aromatic nitrogens is 1. The van der Waals surface area contributed by atoms with E-state index in [0.717, 1.165) is 5.56 Å². The number of aliphatic hydroxyl groups excluding tert-OH is 1. The van der Waals surface area contributed by atoms with Gasteiger partial charge in [0.05, 0.1) is 11.0 Å². The molecule has 98 valence electrons. The first-order valence-corrected chi connectivity index (χ1v) is 5.74. The second-order valence-corrected chi connectivity index (χ2v) is 3.96. The van der Waals surface area contributed by atoms with Gasteiger partial charge < -0.3 is 10.4 Å². The van der Waals surface area contributed by atoms with E-state index >= 15 is 0 Å². The summed E-state index contributed by atoms with van der Waals surface area (Å²) in [6.07, 6.45) is 1.91. The van der Waals surface area contributed by atoms with Gasteiger partial charge >= 0.3 is 5.69 Å². The molecule has 1 aromatic carbocycles. The highest BCUT2D eigenvalue weighted by molar-refractivity contribution is 5.59. The number of pyridine rings is 1. The summed E-state index contributed by atoms with van der Waals surface area (Å²) in [5, 5.41) is 23.6. The van der Waals surface area contributed by atoms with Gasteiger partial charge in [0.2, 0.25) is 0 Å². The van der Waals surface area contributed by atoms with Crippen LogP contribution in [0.15, 0.2) is 48.8 Å². The summed E-state index contributed by atoms with van der Waals surface area (Å²) in [7, 11) is 0. The van der Waals surface area contributed by atoms with Gasteiger partial charge in [-0.15, -0.1) is 0 Å². The number of nitrogens with one attached hydrogen (secondary N) is 1. The Morgan fingerprint density at radius 2 is 2.05 bits per heavy atom. The second kappa shape index (κ2) is 5.92. The topological polar surface area (TPSA) is 88.3 Å². The number of rotatable bonds is 5. The van der Waals surface area contributed by atoms with E-state index in [4.69, 9.17) is 0 Å². The van der Waals surface area contributed by atoms with E-state index in [1.54, 1.807) is 12.1 Å². The third kappa shape index (κ3) is 3.26. The van der Waals surface area contributed by atoms with Gasteiger partial charge in [-0.3, -0.25) is 15.1 Å². The predicted octanol–water partition coefficient (Wildman–Crippen LogP) is 2.14. The van der Waals surface area contributed by atoms with Gasteiger partial charge in [-0.2, -0.15) is 0 Å². The monoisotopic (exact) mass is 259 g/mol. The zero-order chi connectivity index (χ0) is 13.7. The van der Waals surface area contributed by atoms with Gasteiger partial charge in [-0.25, -0.2) is 0 Å². The van der Waals surface area contributed by atoms with E-state index in [9.17, 15) is 15.2 Å². The van der Waals surface area contributed by atoms with Crippen LogP contribution in [-0.4, -0.2) is 21.6 Å². The zero-order valence-corrected chi connectivity index (χ0v) is 10.1. The first-order chi connectivity index (χ1) is 9.18. The molecular formula is C13H13N3O3. The molecule has 0 radical (unpaired) electrons. The molecule has 0 saturated heterocycles. The standard InChI is InChI=1S/C13H13N3O3/c17-13(10-4-2-1-3-5-10)9-15-11-6-7-14-8-12(11)16(18)19/h1-8,13,17H,9H2,(H,14,15)/t13-/m0/s1. The maximum Gasteiger partial charge on any atom is 0.310 e. The van der Waals surface area contributed by atoms with Crippen LogP contribution in [-0.2, 0) is 0 Å². The molecule has 0 spiro atoms. The summed E-state index contributed by atoms with van der Waals surface area (Å²) < 4.78 is 0. The summed E-state index contributed by atoms with van der Waals surface area (Å²) >= 11 is 0. The van der Waals surface area contributed by atoms with Crippen LogP contribution in [0.3, 0.4) is 0 Å². The molecule has 0 unspecified atom stereocenters. The first kappa shape index (κ1) is 13.0. The molecule has 0 bridgehead atoms. The van der Waals surface area contributed by atoms with Crippen molar-refractivity contribution in [1.29, 1.82) is 0 Å². The molecule has 0 aliphatic rings. The number of nitrogens with zero attached hydrogens (tertiary/aromatic N) is 2. The highest BCUT2D eigenvalue weighted by Gasteiger charge is 2.14. The van der Waals surface area contributed by atoms with Crippen molar-refractivity contribution in [2.24, 2.45) is 0 Å². The first-order valence-electron chi connectivity index (χ1n) is 5.74. The lowest BCUT2D eigenvalue weighted by atomic mass is 10.1. The average molecular weight is 259 g/mol. The fraction of sp³-hybridized carbons (Fsp3) is 0.154. The summed E-state index contributed by atoms with van der Waals surface area (Å²) in [6.45, 7) is 0.189. The van der Waals surface area contributed by atoms with Gasteiger partial charge in [0.15, 0.2) is 0 Å². The lowest BCUT2D eigenvalue weighted by molar-refractivity contribution is -0.384. The predicted molar refractivity (Wildman–Crippen MR) is 70.8 cm³/mol. The van der Waals surface area contributed by atoms with Crippen LogP contribution in [0.2, 0.25) is 0 Å². The summed E-state index contributed by atoms with van der Waals surface area (Å²) in [5.41, 5.74) is 0.990. The Kier molecular flexibility index (Phi) is 4.04. The smallest absolute Gasteiger partial charge is 0.310 e. The third-order valence-electron chi connectivity index (χ3n) is 2.67. The minimum absolute atomic E-state index is 0.109. The molecule has 1 heterocycles. The van der Waals surface area contributed by atoms with Crippen molar-refractivity contribution in [1.82, 2.24) is 4.98 Å². The third-order valence-corrected chi connectivity index (χ3v) is 2.67. The van der Waals surface area contributed by atoms with Gasteiger partial charge in [-0.1, -0.05) is 30.3 Å². The average Bonchev–Trinajstić information content (AvgIpc) is 2.46. The summed E-state index contributed by atoms with van der Waals surface area (Å²) in [6, 6.07) is 10.6. The van der Waals surface area contributed by atoms with Crippen molar-refractivity contribution in [3.63, 3.8) is 0 Å². The largest absolute Gasteiger partial charge is 0.387 e. The minimum Gasteiger partial charge on any atom is -0.387 e. The molecule has 6 nitrogen and oxygen atoms in total. The number of anilines is 1. The lowest BCUT2D eigenvalue weighted by Crippen LogP contribution is -2.13.